The van der Waals surface area contributed by atoms with Crippen LogP contribution in [0.4, 0.5) is 5.69 Å². The fourth-order valence-electron chi connectivity index (χ4n) is 2.96. The van der Waals surface area contributed by atoms with E-state index >= 15 is 0 Å². The Bertz CT molecular complexity index is 1200. The van der Waals surface area contributed by atoms with Gasteiger partial charge in [0.2, 0.25) is 12.2 Å². The van der Waals surface area contributed by atoms with Crippen LogP contribution in [0.5, 0.6) is 11.5 Å². The molecule has 2 aromatic carbocycles. The molecule has 0 aliphatic heterocycles. The van der Waals surface area contributed by atoms with E-state index in [2.05, 4.69) is 19.7 Å². The Hall–Kier alpha value is -3.33. The van der Waals surface area contributed by atoms with Gasteiger partial charge >= 0.3 is 0 Å². The Balaban J connectivity index is 0.000000678. The summed E-state index contributed by atoms with van der Waals surface area (Å²) >= 11 is 18.5. The van der Waals surface area contributed by atoms with Crippen LogP contribution in [0, 0.1) is 22.3 Å². The predicted molar refractivity (Wildman–Crippen MR) is 133 cm³/mol. The molecule has 1 heterocycles. The number of benzene rings is 2. The third-order valence-electron chi connectivity index (χ3n) is 4.62. The minimum absolute atomic E-state index is 0.0754. The van der Waals surface area contributed by atoms with Gasteiger partial charge in [0.05, 0.1) is 31.4 Å². The Morgan fingerprint density at radius 3 is 2.08 bits per heavy atom. The molecular formula is C23H20Cl3N3O7. The average Bonchev–Trinajstić information content (AvgIpc) is 2.87. The van der Waals surface area contributed by atoms with Crippen molar-refractivity contribution in [1.29, 1.82) is 0 Å². The maximum atomic E-state index is 10.9. The number of ether oxygens (including phenoxy) is 1. The van der Waals surface area contributed by atoms with Crippen LogP contribution in [-0.4, -0.2) is 25.4 Å². The van der Waals surface area contributed by atoms with Gasteiger partial charge in [0.1, 0.15) is 12.1 Å². The molecule has 3 rings (SSSR count). The molecule has 0 radical (unpaired) electrons. The summed E-state index contributed by atoms with van der Waals surface area (Å²) in [4.78, 5) is 25.1. The summed E-state index contributed by atoms with van der Waals surface area (Å²) in [5, 5.41) is 26.3. The molecule has 0 aliphatic carbocycles. The second-order valence-electron chi connectivity index (χ2n) is 6.92. The van der Waals surface area contributed by atoms with E-state index in [1.54, 1.807) is 18.5 Å². The molecule has 0 fully saturated rings. The molecule has 10 nitrogen and oxygen atoms in total. The van der Waals surface area contributed by atoms with Crippen LogP contribution in [0.3, 0.4) is 0 Å². The van der Waals surface area contributed by atoms with Gasteiger partial charge in [0, 0.05) is 12.1 Å². The van der Waals surface area contributed by atoms with Gasteiger partial charge < -0.3 is 4.74 Å². The SMILES string of the molecule is CCc1ncnc(CCCc2ccc(Oc3c(Cl)cc([N+](=O)[O-])cc3Cl)cc2)c1Cl.OOC#COO. The van der Waals surface area contributed by atoms with Gasteiger partial charge in [-0.1, -0.05) is 53.9 Å². The molecule has 0 bridgehead atoms. The van der Waals surface area contributed by atoms with E-state index in [4.69, 9.17) is 50.1 Å². The highest BCUT2D eigenvalue weighted by atomic mass is 35.5. The maximum absolute atomic E-state index is 10.9. The molecule has 0 saturated heterocycles. The zero-order chi connectivity index (χ0) is 26.5. The van der Waals surface area contributed by atoms with E-state index in [0.717, 1.165) is 42.6 Å². The lowest BCUT2D eigenvalue weighted by atomic mass is 10.1. The van der Waals surface area contributed by atoms with Gasteiger partial charge in [-0.2, -0.15) is 10.5 Å². The van der Waals surface area contributed by atoms with Crippen molar-refractivity contribution in [3.05, 3.63) is 84.9 Å². The molecule has 0 aliphatic rings. The third-order valence-corrected chi connectivity index (χ3v) is 5.62. The minimum Gasteiger partial charge on any atom is -0.454 e. The van der Waals surface area contributed by atoms with Crippen LogP contribution in [0.15, 0.2) is 42.7 Å². The van der Waals surface area contributed by atoms with E-state index in [-0.39, 0.29) is 21.5 Å². The maximum Gasteiger partial charge on any atom is 0.272 e. The molecule has 0 spiro atoms. The first-order valence-corrected chi connectivity index (χ1v) is 11.4. The normalized spacial score (nSPS) is 9.83. The topological polar surface area (TPSA) is 137 Å². The standard InChI is InChI=1S/C21H18Cl3N3O3.C2H2O4/c1-2-18-20(24)19(26-12-25-18)5-3-4-13-6-8-15(9-7-13)30-21-16(22)10-14(27(28)29)11-17(21)23;3-5-1-2-6-4/h6-12H,2-5H2,1H3;3-4H. The van der Waals surface area contributed by atoms with Gasteiger partial charge in [0.15, 0.2) is 5.75 Å². The van der Waals surface area contributed by atoms with Crippen LogP contribution in [0.25, 0.3) is 0 Å². The molecule has 0 amide bonds. The summed E-state index contributed by atoms with van der Waals surface area (Å²) in [5.41, 5.74) is 2.67. The first-order valence-electron chi connectivity index (χ1n) is 10.3. The molecule has 0 atom stereocenters. The first kappa shape index (κ1) is 28.9. The summed E-state index contributed by atoms with van der Waals surface area (Å²) in [6.07, 6.45) is 7.90. The average molecular weight is 557 g/mol. The summed E-state index contributed by atoms with van der Waals surface area (Å²) < 4.78 is 5.72. The van der Waals surface area contributed by atoms with Crippen molar-refractivity contribution >= 4 is 40.5 Å². The second kappa shape index (κ2) is 14.9. The monoisotopic (exact) mass is 555 g/mol. The highest BCUT2D eigenvalue weighted by molar-refractivity contribution is 6.37. The van der Waals surface area contributed by atoms with Crippen molar-refractivity contribution in [2.45, 2.75) is 32.6 Å². The molecule has 36 heavy (non-hydrogen) atoms. The van der Waals surface area contributed by atoms with Crippen molar-refractivity contribution in [3.8, 4) is 23.7 Å². The highest BCUT2D eigenvalue weighted by Crippen LogP contribution is 2.39. The van der Waals surface area contributed by atoms with Crippen LogP contribution >= 0.6 is 34.8 Å². The van der Waals surface area contributed by atoms with E-state index in [9.17, 15) is 10.1 Å². The first-order chi connectivity index (χ1) is 17.3. The van der Waals surface area contributed by atoms with Crippen molar-refractivity contribution in [1.82, 2.24) is 9.97 Å². The van der Waals surface area contributed by atoms with Crippen molar-refractivity contribution in [2.75, 3.05) is 0 Å². The van der Waals surface area contributed by atoms with Crippen LogP contribution in [0.1, 0.15) is 30.3 Å². The number of nitrogens with zero attached hydrogens (tertiary/aromatic N) is 3. The zero-order valence-electron chi connectivity index (χ0n) is 18.8. The summed E-state index contributed by atoms with van der Waals surface area (Å²) in [6, 6.07) is 9.91. The summed E-state index contributed by atoms with van der Waals surface area (Å²) in [6.45, 7) is 2.01. The summed E-state index contributed by atoms with van der Waals surface area (Å²) in [7, 11) is 0. The zero-order valence-corrected chi connectivity index (χ0v) is 21.0. The fraction of sp³-hybridized carbons (Fsp3) is 0.217. The largest absolute Gasteiger partial charge is 0.454 e. The number of hydrogen-bond acceptors (Lipinski definition) is 9. The molecule has 3 aromatic rings. The Labute approximate surface area is 221 Å². The fourth-order valence-corrected chi connectivity index (χ4v) is 3.84. The predicted octanol–water partition coefficient (Wildman–Crippen LogP) is 6.76. The smallest absolute Gasteiger partial charge is 0.272 e. The quantitative estimate of drug-likeness (QED) is 0.133. The van der Waals surface area contributed by atoms with E-state index in [1.807, 2.05) is 19.1 Å². The van der Waals surface area contributed by atoms with Crippen LogP contribution in [-0.2, 0) is 29.0 Å². The molecule has 190 valence electrons. The lowest BCUT2D eigenvalue weighted by Crippen LogP contribution is -1.99. The number of halogens is 3. The van der Waals surface area contributed by atoms with E-state index in [1.165, 1.54) is 24.3 Å². The lowest BCUT2D eigenvalue weighted by molar-refractivity contribution is -0.384. The number of aryl methyl sites for hydroxylation is 3. The number of hydrogen-bond donors (Lipinski definition) is 2. The van der Waals surface area contributed by atoms with E-state index in [0.29, 0.717) is 10.8 Å². The van der Waals surface area contributed by atoms with Crippen LogP contribution in [0.2, 0.25) is 15.1 Å². The lowest BCUT2D eigenvalue weighted by Gasteiger charge is -2.10. The van der Waals surface area contributed by atoms with Gasteiger partial charge in [-0.3, -0.25) is 19.9 Å². The molecule has 0 unspecified atom stereocenters. The molecular weight excluding hydrogens is 537 g/mol. The molecule has 2 N–H and O–H groups in total. The van der Waals surface area contributed by atoms with Crippen molar-refractivity contribution in [2.24, 2.45) is 0 Å². The van der Waals surface area contributed by atoms with Gasteiger partial charge in [-0.25, -0.2) is 9.97 Å². The van der Waals surface area contributed by atoms with Crippen LogP contribution < -0.4 is 4.74 Å². The van der Waals surface area contributed by atoms with Crippen molar-refractivity contribution < 1.29 is 29.9 Å². The molecule has 13 heteroatoms. The minimum atomic E-state index is -0.561. The Morgan fingerprint density at radius 2 is 1.56 bits per heavy atom. The second-order valence-corrected chi connectivity index (χ2v) is 8.11. The third kappa shape index (κ3) is 8.71. The Morgan fingerprint density at radius 1 is 0.972 bits per heavy atom. The van der Waals surface area contributed by atoms with Gasteiger partial charge in [0.25, 0.3) is 5.69 Å². The van der Waals surface area contributed by atoms with Crippen molar-refractivity contribution in [3.63, 3.8) is 0 Å². The number of nitro groups is 1. The molecule has 0 saturated carbocycles. The van der Waals surface area contributed by atoms with E-state index < -0.39 is 4.92 Å². The van der Waals surface area contributed by atoms with Gasteiger partial charge in [-0.15, -0.1) is 0 Å². The summed E-state index contributed by atoms with van der Waals surface area (Å²) in [5.74, 6) is 0.713. The number of aromatic nitrogens is 2. The number of non-ortho nitro benzene ring substituents is 1. The van der Waals surface area contributed by atoms with Gasteiger partial charge in [-0.05, 0) is 43.4 Å². The number of nitro benzene ring substituents is 1. The molecule has 1 aromatic heterocycles. The number of rotatable bonds is 8. The highest BCUT2D eigenvalue weighted by Gasteiger charge is 2.16. The Kier molecular flexibility index (Phi) is 12.0.